The Morgan fingerprint density at radius 3 is 2.92 bits per heavy atom. The van der Waals surface area contributed by atoms with Crippen LogP contribution in [0.25, 0.3) is 0 Å². The minimum absolute atomic E-state index is 0.476. The highest BCUT2D eigenvalue weighted by atomic mass is 19.1. The molecule has 0 amide bonds. The van der Waals surface area contributed by atoms with Crippen molar-refractivity contribution in [2.75, 3.05) is 13.1 Å². The van der Waals surface area contributed by atoms with Gasteiger partial charge < -0.3 is 5.32 Å². The summed E-state index contributed by atoms with van der Waals surface area (Å²) in [4.78, 5) is 0. The molecule has 13 heavy (non-hydrogen) atoms. The third-order valence-corrected chi connectivity index (χ3v) is 2.42. The van der Waals surface area contributed by atoms with Crippen molar-refractivity contribution >= 4 is 0 Å². The molecule has 1 aliphatic heterocycles. The van der Waals surface area contributed by atoms with E-state index < -0.39 is 5.67 Å². The predicted octanol–water partition coefficient (Wildman–Crippen LogP) is 0.757. The summed E-state index contributed by atoms with van der Waals surface area (Å²) in [5.74, 6) is 0. The summed E-state index contributed by atoms with van der Waals surface area (Å²) in [5.41, 5.74) is -0.0347. The summed E-state index contributed by atoms with van der Waals surface area (Å²) in [6.07, 6.45) is 4.16. The van der Waals surface area contributed by atoms with Crippen LogP contribution in [0.1, 0.15) is 12.5 Å². The van der Waals surface area contributed by atoms with Crippen LogP contribution in [0.4, 0.5) is 4.39 Å². The fourth-order valence-corrected chi connectivity index (χ4v) is 1.56. The molecular weight excluding hydrogens is 169 g/mol. The number of aromatic nitrogens is 2. The van der Waals surface area contributed by atoms with Gasteiger partial charge in [-0.2, -0.15) is 5.10 Å². The lowest BCUT2D eigenvalue weighted by molar-refractivity contribution is 0.0911. The van der Waals surface area contributed by atoms with Crippen LogP contribution in [-0.2, 0) is 13.0 Å². The number of aryl methyl sites for hydroxylation is 1. The van der Waals surface area contributed by atoms with Gasteiger partial charge in [0.15, 0.2) is 0 Å². The zero-order valence-electron chi connectivity index (χ0n) is 7.76. The third-order valence-electron chi connectivity index (χ3n) is 2.42. The molecular formula is C9H14FN3. The van der Waals surface area contributed by atoms with Gasteiger partial charge in [-0.25, -0.2) is 4.39 Å². The van der Waals surface area contributed by atoms with Crippen molar-refractivity contribution in [1.82, 2.24) is 15.1 Å². The van der Waals surface area contributed by atoms with Crippen LogP contribution in [0.15, 0.2) is 12.4 Å². The third kappa shape index (κ3) is 1.72. The molecule has 0 unspecified atom stereocenters. The standard InChI is InChI=1S/C9H14FN3/c1-2-13-5-8(4-12-13)3-9(10)6-11-7-9/h4-5,11H,2-3,6-7H2,1H3. The molecule has 2 heterocycles. The van der Waals surface area contributed by atoms with Crippen molar-refractivity contribution in [1.29, 1.82) is 0 Å². The second-order valence-corrected chi connectivity index (χ2v) is 3.64. The molecule has 1 aromatic heterocycles. The number of halogens is 1. The van der Waals surface area contributed by atoms with Crippen molar-refractivity contribution in [3.05, 3.63) is 18.0 Å². The van der Waals surface area contributed by atoms with E-state index in [0.717, 1.165) is 12.1 Å². The summed E-state index contributed by atoms with van der Waals surface area (Å²) in [6, 6.07) is 0. The summed E-state index contributed by atoms with van der Waals surface area (Å²) in [5, 5.41) is 7.05. The van der Waals surface area contributed by atoms with Crippen molar-refractivity contribution in [2.24, 2.45) is 0 Å². The zero-order valence-corrected chi connectivity index (χ0v) is 7.76. The van der Waals surface area contributed by atoms with Crippen molar-refractivity contribution in [3.8, 4) is 0 Å². The SMILES string of the molecule is CCn1cc(CC2(F)CNC2)cn1. The second kappa shape index (κ2) is 3.10. The first-order valence-corrected chi connectivity index (χ1v) is 4.63. The van der Waals surface area contributed by atoms with Gasteiger partial charge in [0.05, 0.1) is 6.20 Å². The lowest BCUT2D eigenvalue weighted by Gasteiger charge is -2.34. The van der Waals surface area contributed by atoms with Crippen LogP contribution in [0.2, 0.25) is 0 Å². The van der Waals surface area contributed by atoms with Gasteiger partial charge in [-0.05, 0) is 12.5 Å². The molecule has 0 aliphatic carbocycles. The number of nitrogens with zero attached hydrogens (tertiary/aromatic N) is 2. The fraction of sp³-hybridized carbons (Fsp3) is 0.667. The Morgan fingerprint density at radius 2 is 2.46 bits per heavy atom. The summed E-state index contributed by atoms with van der Waals surface area (Å²) in [6.45, 7) is 3.82. The van der Waals surface area contributed by atoms with Crippen molar-refractivity contribution in [2.45, 2.75) is 25.6 Å². The predicted molar refractivity (Wildman–Crippen MR) is 48.3 cm³/mol. The minimum Gasteiger partial charge on any atom is -0.310 e. The van der Waals surface area contributed by atoms with Gasteiger partial charge in [-0.15, -0.1) is 0 Å². The van der Waals surface area contributed by atoms with Gasteiger partial charge in [0.2, 0.25) is 0 Å². The smallest absolute Gasteiger partial charge is 0.139 e. The van der Waals surface area contributed by atoms with E-state index in [4.69, 9.17) is 0 Å². The first-order valence-electron chi connectivity index (χ1n) is 4.63. The van der Waals surface area contributed by atoms with Crippen molar-refractivity contribution < 1.29 is 4.39 Å². The zero-order chi connectivity index (χ0) is 9.31. The van der Waals surface area contributed by atoms with Crippen LogP contribution in [-0.4, -0.2) is 28.5 Å². The number of rotatable bonds is 3. The van der Waals surface area contributed by atoms with Gasteiger partial charge in [0.25, 0.3) is 0 Å². The van der Waals surface area contributed by atoms with E-state index in [9.17, 15) is 4.39 Å². The topological polar surface area (TPSA) is 29.9 Å². The Kier molecular flexibility index (Phi) is 2.07. The lowest BCUT2D eigenvalue weighted by Crippen LogP contribution is -2.57. The largest absolute Gasteiger partial charge is 0.310 e. The van der Waals surface area contributed by atoms with Gasteiger partial charge in [0, 0.05) is 32.3 Å². The maximum absolute atomic E-state index is 13.6. The van der Waals surface area contributed by atoms with E-state index in [0.29, 0.717) is 19.5 Å². The average Bonchev–Trinajstić information content (AvgIpc) is 2.49. The quantitative estimate of drug-likeness (QED) is 0.749. The molecule has 4 heteroatoms. The molecule has 0 spiro atoms. The second-order valence-electron chi connectivity index (χ2n) is 3.64. The number of nitrogens with one attached hydrogen (secondary N) is 1. The molecule has 3 nitrogen and oxygen atoms in total. The Balaban J connectivity index is 2.01. The van der Waals surface area contributed by atoms with Gasteiger partial charge >= 0.3 is 0 Å². The molecule has 1 saturated heterocycles. The van der Waals surface area contributed by atoms with Crippen LogP contribution < -0.4 is 5.32 Å². The molecule has 2 rings (SSSR count). The average molecular weight is 183 g/mol. The Morgan fingerprint density at radius 1 is 1.69 bits per heavy atom. The number of hydrogen-bond acceptors (Lipinski definition) is 2. The number of alkyl halides is 1. The molecule has 1 fully saturated rings. The molecule has 0 bridgehead atoms. The molecule has 72 valence electrons. The van der Waals surface area contributed by atoms with E-state index >= 15 is 0 Å². The Bertz CT molecular complexity index is 291. The summed E-state index contributed by atoms with van der Waals surface area (Å²) < 4.78 is 15.4. The first kappa shape index (κ1) is 8.69. The molecule has 1 aliphatic rings. The molecule has 0 atom stereocenters. The van der Waals surface area contributed by atoms with E-state index in [-0.39, 0.29) is 0 Å². The maximum Gasteiger partial charge on any atom is 0.139 e. The normalized spacial score (nSPS) is 19.8. The Labute approximate surface area is 76.9 Å². The van der Waals surface area contributed by atoms with E-state index in [1.54, 1.807) is 6.20 Å². The summed E-state index contributed by atoms with van der Waals surface area (Å²) in [7, 11) is 0. The van der Waals surface area contributed by atoms with Gasteiger partial charge in [-0.1, -0.05) is 0 Å². The van der Waals surface area contributed by atoms with Crippen LogP contribution in [0, 0.1) is 0 Å². The van der Waals surface area contributed by atoms with Crippen LogP contribution >= 0.6 is 0 Å². The minimum atomic E-state index is -1.03. The fourth-order valence-electron chi connectivity index (χ4n) is 1.56. The highest BCUT2D eigenvalue weighted by Crippen LogP contribution is 2.21. The highest BCUT2D eigenvalue weighted by Gasteiger charge is 2.37. The molecule has 0 saturated carbocycles. The molecule has 0 aromatic carbocycles. The number of hydrogen-bond donors (Lipinski definition) is 1. The first-order chi connectivity index (χ1) is 6.22. The van der Waals surface area contributed by atoms with E-state index in [1.807, 2.05) is 17.8 Å². The lowest BCUT2D eigenvalue weighted by atomic mass is 9.92. The Hall–Kier alpha value is -0.900. The highest BCUT2D eigenvalue weighted by molar-refractivity contribution is 5.11. The summed E-state index contributed by atoms with van der Waals surface area (Å²) >= 11 is 0. The molecule has 0 radical (unpaired) electrons. The molecule has 1 aromatic rings. The van der Waals surface area contributed by atoms with Crippen molar-refractivity contribution in [3.63, 3.8) is 0 Å². The van der Waals surface area contributed by atoms with Gasteiger partial charge in [0.1, 0.15) is 5.67 Å². The van der Waals surface area contributed by atoms with Gasteiger partial charge in [-0.3, -0.25) is 4.68 Å². The van der Waals surface area contributed by atoms with Crippen LogP contribution in [0.5, 0.6) is 0 Å². The van der Waals surface area contributed by atoms with E-state index in [2.05, 4.69) is 10.4 Å². The molecule has 1 N–H and O–H groups in total. The monoisotopic (exact) mass is 183 g/mol. The van der Waals surface area contributed by atoms with E-state index in [1.165, 1.54) is 0 Å². The maximum atomic E-state index is 13.6. The van der Waals surface area contributed by atoms with Crippen LogP contribution in [0.3, 0.4) is 0 Å².